The third-order valence-corrected chi connectivity index (χ3v) is 3.61. The van der Waals surface area contributed by atoms with Crippen molar-refractivity contribution in [1.82, 2.24) is 0 Å². The molecule has 1 aromatic rings. The molecule has 1 aromatic carbocycles. The van der Waals surface area contributed by atoms with Gasteiger partial charge in [0.25, 0.3) is 0 Å². The largest absolute Gasteiger partial charge is 0.371 e. The summed E-state index contributed by atoms with van der Waals surface area (Å²) >= 11 is 0. The fourth-order valence-electron chi connectivity index (χ4n) is 2.39. The molecule has 1 rings (SSSR count). The van der Waals surface area contributed by atoms with Crippen molar-refractivity contribution in [2.75, 3.05) is 24.5 Å². The Balaban J connectivity index is 2.37. The van der Waals surface area contributed by atoms with Gasteiger partial charge in [0.1, 0.15) is 5.82 Å². The van der Waals surface area contributed by atoms with Gasteiger partial charge in [-0.2, -0.15) is 0 Å². The molecule has 0 atom stereocenters. The van der Waals surface area contributed by atoms with Gasteiger partial charge < -0.3 is 10.6 Å². The van der Waals surface area contributed by atoms with E-state index in [2.05, 4.69) is 11.8 Å². The predicted octanol–water partition coefficient (Wildman–Crippen LogP) is 4.34. The quantitative estimate of drug-likeness (QED) is 0.611. The number of nitrogens with two attached hydrogens (primary N) is 1. The maximum absolute atomic E-state index is 13.0. The zero-order chi connectivity index (χ0) is 14.6. The molecule has 0 heterocycles. The fourth-order valence-corrected chi connectivity index (χ4v) is 2.39. The minimum absolute atomic E-state index is 0.174. The molecular weight excluding hydrogens is 251 g/mol. The van der Waals surface area contributed by atoms with Crippen molar-refractivity contribution in [2.45, 2.75) is 51.9 Å². The molecule has 0 unspecified atom stereocenters. The first kappa shape index (κ1) is 17.0. The van der Waals surface area contributed by atoms with Crippen molar-refractivity contribution in [3.8, 4) is 0 Å². The van der Waals surface area contributed by atoms with Crippen molar-refractivity contribution in [3.63, 3.8) is 0 Å². The van der Waals surface area contributed by atoms with Gasteiger partial charge in [-0.05, 0) is 43.7 Å². The average molecular weight is 280 g/mol. The Kier molecular flexibility index (Phi) is 9.05. The molecule has 3 heteroatoms. The molecule has 2 N–H and O–H groups in total. The molecule has 0 fully saturated rings. The van der Waals surface area contributed by atoms with E-state index in [0.717, 1.165) is 25.2 Å². The first-order valence-corrected chi connectivity index (χ1v) is 7.98. The summed E-state index contributed by atoms with van der Waals surface area (Å²) in [6, 6.07) is 6.80. The molecule has 0 aliphatic heterocycles. The number of nitrogens with zero attached hydrogens (tertiary/aromatic N) is 1. The van der Waals surface area contributed by atoms with Gasteiger partial charge in [0.2, 0.25) is 0 Å². The molecule has 0 spiro atoms. The maximum Gasteiger partial charge on any atom is 0.123 e. The van der Waals surface area contributed by atoms with Crippen LogP contribution in [0.25, 0.3) is 0 Å². The van der Waals surface area contributed by atoms with Crippen molar-refractivity contribution in [3.05, 3.63) is 30.1 Å². The zero-order valence-corrected chi connectivity index (χ0v) is 12.8. The van der Waals surface area contributed by atoms with Gasteiger partial charge in [-0.3, -0.25) is 0 Å². The van der Waals surface area contributed by atoms with Gasteiger partial charge in [0.15, 0.2) is 0 Å². The van der Waals surface area contributed by atoms with Crippen LogP contribution in [0.15, 0.2) is 24.3 Å². The summed E-state index contributed by atoms with van der Waals surface area (Å²) in [7, 11) is 0. The number of hydrogen-bond donors (Lipinski definition) is 1. The van der Waals surface area contributed by atoms with E-state index >= 15 is 0 Å². The summed E-state index contributed by atoms with van der Waals surface area (Å²) in [5.74, 6) is -0.174. The Morgan fingerprint density at radius 1 is 0.900 bits per heavy atom. The molecule has 0 aliphatic rings. The fraction of sp³-hybridized carbons (Fsp3) is 0.647. The van der Waals surface area contributed by atoms with Crippen LogP contribution >= 0.6 is 0 Å². The highest BCUT2D eigenvalue weighted by molar-refractivity contribution is 5.46. The van der Waals surface area contributed by atoms with E-state index in [0.29, 0.717) is 6.54 Å². The molecule has 0 saturated carbocycles. The molecule has 0 saturated heterocycles. The van der Waals surface area contributed by atoms with E-state index in [1.165, 1.54) is 50.7 Å². The van der Waals surface area contributed by atoms with Crippen LogP contribution in [-0.2, 0) is 0 Å². The van der Waals surface area contributed by atoms with Gasteiger partial charge in [0, 0.05) is 18.8 Å². The number of rotatable bonds is 11. The van der Waals surface area contributed by atoms with Gasteiger partial charge in [-0.1, -0.05) is 39.0 Å². The smallest absolute Gasteiger partial charge is 0.123 e. The van der Waals surface area contributed by atoms with Crippen molar-refractivity contribution < 1.29 is 4.39 Å². The lowest BCUT2D eigenvalue weighted by Gasteiger charge is -2.24. The summed E-state index contributed by atoms with van der Waals surface area (Å²) in [6.45, 7) is 4.94. The lowest BCUT2D eigenvalue weighted by atomic mass is 10.1. The third kappa shape index (κ3) is 6.90. The highest BCUT2D eigenvalue weighted by Gasteiger charge is 2.06. The number of halogens is 1. The predicted molar refractivity (Wildman–Crippen MR) is 85.7 cm³/mol. The molecule has 0 aromatic heterocycles. The molecule has 0 radical (unpaired) electrons. The SMILES string of the molecule is CCCCCCCCN(CCCN)c1ccc(F)cc1. The maximum atomic E-state index is 13.0. The van der Waals surface area contributed by atoms with E-state index in [1.54, 1.807) is 0 Å². The van der Waals surface area contributed by atoms with Gasteiger partial charge in [0.05, 0.1) is 0 Å². The summed E-state index contributed by atoms with van der Waals surface area (Å²) < 4.78 is 13.0. The van der Waals surface area contributed by atoms with Crippen LogP contribution in [0.4, 0.5) is 10.1 Å². The minimum Gasteiger partial charge on any atom is -0.371 e. The van der Waals surface area contributed by atoms with Crippen LogP contribution in [0, 0.1) is 5.82 Å². The molecule has 0 bridgehead atoms. The summed E-state index contributed by atoms with van der Waals surface area (Å²) in [6.07, 6.45) is 8.75. The molecule has 114 valence electrons. The summed E-state index contributed by atoms with van der Waals surface area (Å²) in [5.41, 5.74) is 6.71. The first-order chi connectivity index (χ1) is 9.77. The Morgan fingerprint density at radius 2 is 1.50 bits per heavy atom. The normalized spacial score (nSPS) is 10.8. The van der Waals surface area contributed by atoms with Crippen LogP contribution < -0.4 is 10.6 Å². The van der Waals surface area contributed by atoms with Crippen LogP contribution in [0.5, 0.6) is 0 Å². The average Bonchev–Trinajstić information content (AvgIpc) is 2.47. The Hall–Kier alpha value is -1.09. The van der Waals surface area contributed by atoms with Crippen molar-refractivity contribution in [2.24, 2.45) is 5.73 Å². The van der Waals surface area contributed by atoms with Gasteiger partial charge in [-0.25, -0.2) is 4.39 Å². The van der Waals surface area contributed by atoms with Crippen molar-refractivity contribution in [1.29, 1.82) is 0 Å². The number of anilines is 1. The van der Waals surface area contributed by atoms with E-state index < -0.39 is 0 Å². The summed E-state index contributed by atoms with van der Waals surface area (Å²) in [5, 5.41) is 0. The molecule has 0 amide bonds. The highest BCUT2D eigenvalue weighted by Crippen LogP contribution is 2.16. The van der Waals surface area contributed by atoms with Gasteiger partial charge in [-0.15, -0.1) is 0 Å². The highest BCUT2D eigenvalue weighted by atomic mass is 19.1. The second-order valence-corrected chi connectivity index (χ2v) is 5.37. The van der Waals surface area contributed by atoms with Crippen LogP contribution in [0.2, 0.25) is 0 Å². The number of hydrogen-bond acceptors (Lipinski definition) is 2. The molecule has 0 aliphatic carbocycles. The molecule has 2 nitrogen and oxygen atoms in total. The van der Waals surface area contributed by atoms with E-state index in [-0.39, 0.29) is 5.82 Å². The summed E-state index contributed by atoms with van der Waals surface area (Å²) in [4.78, 5) is 2.33. The minimum atomic E-state index is -0.174. The topological polar surface area (TPSA) is 29.3 Å². The lowest BCUT2D eigenvalue weighted by Crippen LogP contribution is -2.27. The standard InChI is InChI=1S/C17H29FN2/c1-2-3-4-5-6-7-14-20(15-8-13-19)17-11-9-16(18)10-12-17/h9-12H,2-8,13-15,19H2,1H3. The van der Waals surface area contributed by atoms with Crippen LogP contribution in [0.3, 0.4) is 0 Å². The lowest BCUT2D eigenvalue weighted by molar-refractivity contribution is 0.594. The van der Waals surface area contributed by atoms with Crippen LogP contribution in [-0.4, -0.2) is 19.6 Å². The monoisotopic (exact) mass is 280 g/mol. The molecule has 20 heavy (non-hydrogen) atoms. The Bertz CT molecular complexity index is 337. The van der Waals surface area contributed by atoms with E-state index in [4.69, 9.17) is 5.73 Å². The van der Waals surface area contributed by atoms with Crippen LogP contribution in [0.1, 0.15) is 51.9 Å². The first-order valence-electron chi connectivity index (χ1n) is 7.98. The Labute approximate surface area is 123 Å². The van der Waals surface area contributed by atoms with E-state index in [9.17, 15) is 4.39 Å². The molecular formula is C17H29FN2. The second-order valence-electron chi connectivity index (χ2n) is 5.37. The van der Waals surface area contributed by atoms with Crippen molar-refractivity contribution >= 4 is 5.69 Å². The third-order valence-electron chi connectivity index (χ3n) is 3.61. The Morgan fingerprint density at radius 3 is 2.15 bits per heavy atom. The number of unbranched alkanes of at least 4 members (excludes halogenated alkanes) is 5. The zero-order valence-electron chi connectivity index (χ0n) is 12.8. The number of benzene rings is 1. The van der Waals surface area contributed by atoms with Gasteiger partial charge >= 0.3 is 0 Å². The van der Waals surface area contributed by atoms with E-state index in [1.807, 2.05) is 12.1 Å². The second kappa shape index (κ2) is 10.7.